The monoisotopic (exact) mass is 971 g/mol. The van der Waals surface area contributed by atoms with Gasteiger partial charge in [-0.05, 0) is 129 Å². The van der Waals surface area contributed by atoms with Crippen LogP contribution >= 0.6 is 0 Å². The summed E-state index contributed by atoms with van der Waals surface area (Å²) in [6.45, 7) is 0. The summed E-state index contributed by atoms with van der Waals surface area (Å²) in [7, 11) is 0. The minimum atomic E-state index is 0.513. The Balaban J connectivity index is 0.931. The summed E-state index contributed by atoms with van der Waals surface area (Å²) in [4.78, 5) is 16.7. The van der Waals surface area contributed by atoms with E-state index in [0.29, 0.717) is 17.7 Å². The van der Waals surface area contributed by atoms with E-state index >= 15 is 0 Å². The van der Waals surface area contributed by atoms with E-state index in [9.17, 15) is 0 Å². The van der Waals surface area contributed by atoms with E-state index in [0.717, 1.165) is 138 Å². The summed E-state index contributed by atoms with van der Waals surface area (Å²) in [6, 6.07) is 87.6. The molecule has 0 atom stereocenters. The number of aromatic nitrogens is 5. The number of furan rings is 2. The Morgan fingerprint density at radius 3 is 1.14 bits per heavy atom. The van der Waals surface area contributed by atoms with Gasteiger partial charge >= 0.3 is 0 Å². The number of hydrogen-bond acceptors (Lipinski definition) is 5. The first-order valence-corrected chi connectivity index (χ1v) is 25.6. The van der Waals surface area contributed by atoms with Crippen LogP contribution in [0.2, 0.25) is 0 Å². The standard InChI is InChI=1S/C69H41N5O2/c1-3-15-42(16-4-1)44-27-32-53(54(37-44)43-17-5-2-6-18-43)67-70-68(73-59-23-11-7-19-49(59)55-38-45(28-33-61(55)73)47-30-35-65-57(40-47)51-21-9-13-25-63(51)75-65)72-69(71-67)74-60-24-12-8-20-50(60)56-39-46(29-34-62(56)74)48-31-36-66-58(41-48)52-22-10-14-26-64(52)76-66/h1-41H. The molecule has 0 saturated carbocycles. The summed E-state index contributed by atoms with van der Waals surface area (Å²) < 4.78 is 16.9. The fourth-order valence-corrected chi connectivity index (χ4v) is 11.6. The van der Waals surface area contributed by atoms with Gasteiger partial charge < -0.3 is 8.83 Å². The largest absolute Gasteiger partial charge is 0.456 e. The molecule has 0 amide bonds. The highest BCUT2D eigenvalue weighted by Gasteiger charge is 2.23. The van der Waals surface area contributed by atoms with Gasteiger partial charge in [0.2, 0.25) is 11.9 Å². The van der Waals surface area contributed by atoms with Crippen LogP contribution in [0.5, 0.6) is 0 Å². The van der Waals surface area contributed by atoms with Crippen LogP contribution in [-0.4, -0.2) is 24.1 Å². The van der Waals surface area contributed by atoms with Crippen molar-refractivity contribution in [1.29, 1.82) is 0 Å². The normalized spacial score (nSPS) is 11.9. The minimum absolute atomic E-state index is 0.513. The van der Waals surface area contributed by atoms with Gasteiger partial charge in [0.25, 0.3) is 0 Å². The Morgan fingerprint density at radius 1 is 0.237 bits per heavy atom. The van der Waals surface area contributed by atoms with Gasteiger partial charge in [-0.1, -0.05) is 164 Å². The third kappa shape index (κ3) is 6.59. The van der Waals surface area contributed by atoms with Gasteiger partial charge in [0.05, 0.1) is 22.1 Å². The van der Waals surface area contributed by atoms with E-state index in [1.807, 2.05) is 24.3 Å². The number of benzene rings is 11. The summed E-state index contributed by atoms with van der Waals surface area (Å²) in [5.74, 6) is 1.59. The van der Waals surface area contributed by atoms with Gasteiger partial charge in [-0.2, -0.15) is 15.0 Å². The molecule has 16 rings (SSSR count). The summed E-state index contributed by atoms with van der Waals surface area (Å²) in [5.41, 5.74) is 17.1. The fraction of sp³-hybridized carbons (Fsp3) is 0. The second-order valence-corrected chi connectivity index (χ2v) is 19.5. The SMILES string of the molecule is c1ccc(-c2ccc(-c3nc(-n4c5ccccc5c5cc(-c6ccc7oc8ccccc8c7c6)ccc54)nc(-n4c5ccccc5c5cc(-c6ccc7oc8ccccc8c7c6)ccc54)n3)c(-c3ccccc3)c2)cc1. The van der Waals surface area contributed by atoms with Crippen LogP contribution < -0.4 is 0 Å². The molecule has 0 saturated heterocycles. The van der Waals surface area contributed by atoms with E-state index in [4.69, 9.17) is 23.8 Å². The zero-order valence-electron chi connectivity index (χ0n) is 40.7. The molecule has 0 unspecified atom stereocenters. The van der Waals surface area contributed by atoms with Crippen LogP contribution in [0, 0.1) is 0 Å². The molecule has 354 valence electrons. The number of nitrogens with zero attached hydrogens (tertiary/aromatic N) is 5. The molecule has 5 aromatic heterocycles. The molecular formula is C69H41N5O2. The van der Waals surface area contributed by atoms with Crippen LogP contribution in [0.1, 0.15) is 0 Å². The summed E-state index contributed by atoms with van der Waals surface area (Å²) in [5, 5.41) is 8.79. The molecule has 0 bridgehead atoms. The van der Waals surface area contributed by atoms with E-state index in [2.05, 4.69) is 234 Å². The maximum absolute atomic E-state index is 6.23. The zero-order valence-corrected chi connectivity index (χ0v) is 40.7. The van der Waals surface area contributed by atoms with Crippen molar-refractivity contribution in [2.45, 2.75) is 0 Å². The van der Waals surface area contributed by atoms with Crippen LogP contribution in [0.4, 0.5) is 0 Å². The predicted molar refractivity (Wildman–Crippen MR) is 310 cm³/mol. The quantitative estimate of drug-likeness (QED) is 0.159. The lowest BCUT2D eigenvalue weighted by Crippen LogP contribution is -2.10. The number of hydrogen-bond donors (Lipinski definition) is 0. The maximum Gasteiger partial charge on any atom is 0.240 e. The molecule has 11 aromatic carbocycles. The summed E-state index contributed by atoms with van der Waals surface area (Å²) >= 11 is 0. The van der Waals surface area contributed by atoms with E-state index < -0.39 is 0 Å². The highest BCUT2D eigenvalue weighted by atomic mass is 16.3. The van der Waals surface area contributed by atoms with Crippen molar-refractivity contribution >= 4 is 87.5 Å². The zero-order chi connectivity index (χ0) is 49.8. The summed E-state index contributed by atoms with van der Waals surface area (Å²) in [6.07, 6.45) is 0. The lowest BCUT2D eigenvalue weighted by atomic mass is 9.94. The van der Waals surface area contributed by atoms with Gasteiger partial charge in [-0.3, -0.25) is 9.13 Å². The molecule has 0 spiro atoms. The van der Waals surface area contributed by atoms with E-state index in [-0.39, 0.29) is 0 Å². The lowest BCUT2D eigenvalue weighted by Gasteiger charge is -2.15. The van der Waals surface area contributed by atoms with Gasteiger partial charge in [0.1, 0.15) is 22.3 Å². The van der Waals surface area contributed by atoms with E-state index in [1.165, 1.54) is 0 Å². The van der Waals surface area contributed by atoms with Gasteiger partial charge in [-0.25, -0.2) is 0 Å². The molecule has 0 aliphatic heterocycles. The van der Waals surface area contributed by atoms with Crippen LogP contribution in [0.3, 0.4) is 0 Å². The Labute approximate surface area is 434 Å². The molecule has 7 nitrogen and oxygen atoms in total. The van der Waals surface area contributed by atoms with Crippen molar-refractivity contribution in [3.8, 4) is 67.8 Å². The highest BCUT2D eigenvalue weighted by molar-refractivity contribution is 6.13. The highest BCUT2D eigenvalue weighted by Crippen LogP contribution is 2.41. The average Bonchev–Trinajstić information content (AvgIpc) is 4.26. The Bertz CT molecular complexity index is 4750. The Kier molecular flexibility index (Phi) is 9.20. The topological polar surface area (TPSA) is 74.8 Å². The molecule has 0 N–H and O–H groups in total. The number of rotatable bonds is 7. The lowest BCUT2D eigenvalue weighted by molar-refractivity contribution is 0.668. The molecule has 0 fully saturated rings. The van der Waals surface area contributed by atoms with Crippen LogP contribution in [0.15, 0.2) is 258 Å². The molecule has 5 heterocycles. The first kappa shape index (κ1) is 42.2. The number of para-hydroxylation sites is 4. The molecular weight excluding hydrogens is 931 g/mol. The Hall–Kier alpha value is -10.4. The number of fused-ring (bicyclic) bond motifs is 12. The third-order valence-electron chi connectivity index (χ3n) is 15.2. The molecule has 0 aliphatic rings. The molecule has 16 aromatic rings. The molecule has 7 heteroatoms. The minimum Gasteiger partial charge on any atom is -0.456 e. The second kappa shape index (κ2) is 16.6. The van der Waals surface area contributed by atoms with Crippen molar-refractivity contribution in [3.63, 3.8) is 0 Å². The first-order valence-electron chi connectivity index (χ1n) is 25.6. The average molecular weight is 972 g/mol. The third-order valence-corrected chi connectivity index (χ3v) is 15.2. The van der Waals surface area contributed by atoms with Gasteiger partial charge in [-0.15, -0.1) is 0 Å². The van der Waals surface area contributed by atoms with Crippen molar-refractivity contribution < 1.29 is 8.83 Å². The van der Waals surface area contributed by atoms with Gasteiger partial charge in [0.15, 0.2) is 5.82 Å². The van der Waals surface area contributed by atoms with Crippen LogP contribution in [-0.2, 0) is 0 Å². The maximum atomic E-state index is 6.23. The fourth-order valence-electron chi connectivity index (χ4n) is 11.6. The first-order chi connectivity index (χ1) is 37.6. The predicted octanol–water partition coefficient (Wildman–Crippen LogP) is 18.2. The Morgan fingerprint density at radius 2 is 0.618 bits per heavy atom. The molecule has 0 radical (unpaired) electrons. The van der Waals surface area contributed by atoms with Crippen molar-refractivity contribution in [2.75, 3.05) is 0 Å². The smallest absolute Gasteiger partial charge is 0.240 e. The van der Waals surface area contributed by atoms with E-state index in [1.54, 1.807) is 0 Å². The van der Waals surface area contributed by atoms with Gasteiger partial charge in [0, 0.05) is 48.7 Å². The van der Waals surface area contributed by atoms with Crippen molar-refractivity contribution in [3.05, 3.63) is 249 Å². The van der Waals surface area contributed by atoms with Crippen molar-refractivity contribution in [1.82, 2.24) is 24.1 Å². The molecule has 0 aliphatic carbocycles. The van der Waals surface area contributed by atoms with Crippen LogP contribution in [0.25, 0.3) is 155 Å². The molecule has 76 heavy (non-hydrogen) atoms. The second-order valence-electron chi connectivity index (χ2n) is 19.5. The van der Waals surface area contributed by atoms with Crippen molar-refractivity contribution in [2.24, 2.45) is 0 Å².